The first-order valence-corrected chi connectivity index (χ1v) is 5.62. The first kappa shape index (κ1) is 12.1. The second-order valence-corrected chi connectivity index (χ2v) is 3.87. The summed E-state index contributed by atoms with van der Waals surface area (Å²) < 4.78 is 5.29. The Hall–Kier alpha value is -1.02. The van der Waals surface area contributed by atoms with Crippen molar-refractivity contribution in [1.29, 1.82) is 0 Å². The molecule has 0 aliphatic rings. The summed E-state index contributed by atoms with van der Waals surface area (Å²) in [4.78, 5) is 0. The van der Waals surface area contributed by atoms with Crippen molar-refractivity contribution >= 4 is 0 Å². The van der Waals surface area contributed by atoms with Gasteiger partial charge in [0.25, 0.3) is 0 Å². The lowest BCUT2D eigenvalue weighted by Gasteiger charge is -2.12. The van der Waals surface area contributed by atoms with Crippen LogP contribution in [-0.4, -0.2) is 13.2 Å². The molecule has 84 valence electrons. The van der Waals surface area contributed by atoms with Crippen molar-refractivity contribution in [2.24, 2.45) is 5.73 Å². The standard InChI is InChI=1S/C13H21NO/c1-4-11-8-10(9-12(14)5-2)6-7-13(11)15-3/h6-8,12H,4-5,9,14H2,1-3H3. The quantitative estimate of drug-likeness (QED) is 0.805. The van der Waals surface area contributed by atoms with Crippen LogP contribution in [0.2, 0.25) is 0 Å². The fraction of sp³-hybridized carbons (Fsp3) is 0.538. The monoisotopic (exact) mass is 207 g/mol. The number of benzene rings is 1. The molecule has 1 rings (SSSR count). The third-order valence-electron chi connectivity index (χ3n) is 2.75. The first-order chi connectivity index (χ1) is 7.21. The fourth-order valence-corrected chi connectivity index (χ4v) is 1.68. The Kier molecular flexibility index (Phi) is 4.63. The van der Waals surface area contributed by atoms with Gasteiger partial charge in [-0.1, -0.05) is 26.0 Å². The molecule has 15 heavy (non-hydrogen) atoms. The third-order valence-corrected chi connectivity index (χ3v) is 2.75. The molecule has 0 aromatic heterocycles. The Balaban J connectivity index is 2.83. The summed E-state index contributed by atoms with van der Waals surface area (Å²) in [5.74, 6) is 0.978. The topological polar surface area (TPSA) is 35.2 Å². The van der Waals surface area contributed by atoms with Gasteiger partial charge in [-0.2, -0.15) is 0 Å². The summed E-state index contributed by atoms with van der Waals surface area (Å²) in [6.07, 6.45) is 2.97. The molecule has 0 fully saturated rings. The van der Waals surface area contributed by atoms with Crippen molar-refractivity contribution in [3.63, 3.8) is 0 Å². The van der Waals surface area contributed by atoms with Gasteiger partial charge in [0.2, 0.25) is 0 Å². The van der Waals surface area contributed by atoms with Crippen LogP contribution in [-0.2, 0) is 12.8 Å². The van der Waals surface area contributed by atoms with Crippen molar-refractivity contribution in [2.75, 3.05) is 7.11 Å². The Labute approximate surface area is 92.4 Å². The lowest BCUT2D eigenvalue weighted by molar-refractivity contribution is 0.410. The number of methoxy groups -OCH3 is 1. The van der Waals surface area contributed by atoms with Gasteiger partial charge in [-0.05, 0) is 36.5 Å². The van der Waals surface area contributed by atoms with Crippen LogP contribution in [0.5, 0.6) is 5.75 Å². The van der Waals surface area contributed by atoms with Gasteiger partial charge in [0, 0.05) is 6.04 Å². The van der Waals surface area contributed by atoms with E-state index in [0.29, 0.717) is 0 Å². The highest BCUT2D eigenvalue weighted by molar-refractivity contribution is 5.37. The van der Waals surface area contributed by atoms with Gasteiger partial charge in [-0.25, -0.2) is 0 Å². The zero-order valence-corrected chi connectivity index (χ0v) is 9.92. The normalized spacial score (nSPS) is 12.5. The van der Waals surface area contributed by atoms with Crippen molar-refractivity contribution in [1.82, 2.24) is 0 Å². The Morgan fingerprint density at radius 1 is 1.33 bits per heavy atom. The van der Waals surface area contributed by atoms with E-state index in [1.54, 1.807) is 7.11 Å². The molecule has 0 aliphatic carbocycles. The van der Waals surface area contributed by atoms with Crippen LogP contribution in [0.25, 0.3) is 0 Å². The van der Waals surface area contributed by atoms with Crippen LogP contribution >= 0.6 is 0 Å². The smallest absolute Gasteiger partial charge is 0.122 e. The predicted octanol–water partition coefficient (Wildman–Crippen LogP) is 2.54. The number of nitrogens with two attached hydrogens (primary N) is 1. The molecule has 1 aromatic carbocycles. The lowest BCUT2D eigenvalue weighted by atomic mass is 10.0. The van der Waals surface area contributed by atoms with E-state index < -0.39 is 0 Å². The minimum absolute atomic E-state index is 0.267. The summed E-state index contributed by atoms with van der Waals surface area (Å²) in [7, 11) is 1.71. The van der Waals surface area contributed by atoms with E-state index in [4.69, 9.17) is 10.5 Å². The van der Waals surface area contributed by atoms with Gasteiger partial charge >= 0.3 is 0 Å². The van der Waals surface area contributed by atoms with Gasteiger partial charge in [-0.3, -0.25) is 0 Å². The van der Waals surface area contributed by atoms with Crippen LogP contribution in [0, 0.1) is 0 Å². The maximum Gasteiger partial charge on any atom is 0.122 e. The SMILES string of the molecule is CCc1cc(CC(N)CC)ccc1OC. The van der Waals surface area contributed by atoms with Crippen molar-refractivity contribution < 1.29 is 4.74 Å². The summed E-state index contributed by atoms with van der Waals surface area (Å²) in [5, 5.41) is 0. The van der Waals surface area contributed by atoms with Gasteiger partial charge in [0.15, 0.2) is 0 Å². The molecular weight excluding hydrogens is 186 g/mol. The molecule has 0 amide bonds. The number of hydrogen-bond acceptors (Lipinski definition) is 2. The minimum atomic E-state index is 0.267. The van der Waals surface area contributed by atoms with Crippen molar-refractivity contribution in [3.8, 4) is 5.75 Å². The summed E-state index contributed by atoms with van der Waals surface area (Å²) in [6, 6.07) is 6.61. The van der Waals surface area contributed by atoms with E-state index >= 15 is 0 Å². The zero-order valence-electron chi connectivity index (χ0n) is 9.92. The molecule has 0 saturated carbocycles. The second-order valence-electron chi connectivity index (χ2n) is 3.87. The van der Waals surface area contributed by atoms with E-state index in [-0.39, 0.29) is 6.04 Å². The van der Waals surface area contributed by atoms with Gasteiger partial charge in [0.1, 0.15) is 5.75 Å². The predicted molar refractivity (Wildman–Crippen MR) is 64.3 cm³/mol. The molecule has 0 radical (unpaired) electrons. The third kappa shape index (κ3) is 3.24. The number of rotatable bonds is 5. The van der Waals surface area contributed by atoms with Crippen LogP contribution in [0.1, 0.15) is 31.4 Å². The van der Waals surface area contributed by atoms with E-state index in [2.05, 4.69) is 26.0 Å². The zero-order chi connectivity index (χ0) is 11.3. The molecule has 1 atom stereocenters. The van der Waals surface area contributed by atoms with Crippen LogP contribution in [0.3, 0.4) is 0 Å². The maximum absolute atomic E-state index is 5.94. The van der Waals surface area contributed by atoms with E-state index in [1.807, 2.05) is 6.07 Å². The van der Waals surface area contributed by atoms with Gasteiger partial charge < -0.3 is 10.5 Å². The molecule has 0 saturated heterocycles. The lowest BCUT2D eigenvalue weighted by Crippen LogP contribution is -2.21. The molecule has 0 aliphatic heterocycles. The molecule has 1 aromatic rings. The van der Waals surface area contributed by atoms with E-state index in [0.717, 1.165) is 25.0 Å². The highest BCUT2D eigenvalue weighted by Crippen LogP contribution is 2.21. The average molecular weight is 207 g/mol. The molecule has 0 spiro atoms. The van der Waals surface area contributed by atoms with E-state index in [9.17, 15) is 0 Å². The van der Waals surface area contributed by atoms with Crippen LogP contribution < -0.4 is 10.5 Å². The Bertz CT molecular complexity index is 309. The summed E-state index contributed by atoms with van der Waals surface area (Å²) in [6.45, 7) is 4.26. The number of ether oxygens (including phenoxy) is 1. The summed E-state index contributed by atoms with van der Waals surface area (Å²) in [5.41, 5.74) is 8.51. The maximum atomic E-state index is 5.94. The Morgan fingerprint density at radius 3 is 2.60 bits per heavy atom. The first-order valence-electron chi connectivity index (χ1n) is 5.62. The van der Waals surface area contributed by atoms with Crippen molar-refractivity contribution in [3.05, 3.63) is 29.3 Å². The average Bonchev–Trinajstić information content (AvgIpc) is 2.28. The highest BCUT2D eigenvalue weighted by atomic mass is 16.5. The van der Waals surface area contributed by atoms with E-state index in [1.165, 1.54) is 11.1 Å². The number of aryl methyl sites for hydroxylation is 1. The van der Waals surface area contributed by atoms with Gasteiger partial charge in [0.05, 0.1) is 7.11 Å². The van der Waals surface area contributed by atoms with Crippen LogP contribution in [0.15, 0.2) is 18.2 Å². The van der Waals surface area contributed by atoms with Crippen LogP contribution in [0.4, 0.5) is 0 Å². The Morgan fingerprint density at radius 2 is 2.07 bits per heavy atom. The summed E-state index contributed by atoms with van der Waals surface area (Å²) >= 11 is 0. The molecule has 2 nitrogen and oxygen atoms in total. The molecule has 2 N–H and O–H groups in total. The molecule has 2 heteroatoms. The minimum Gasteiger partial charge on any atom is -0.496 e. The molecule has 0 heterocycles. The molecule has 1 unspecified atom stereocenters. The second kappa shape index (κ2) is 5.76. The molecular formula is C13H21NO. The largest absolute Gasteiger partial charge is 0.496 e. The highest BCUT2D eigenvalue weighted by Gasteiger charge is 2.05. The fourth-order valence-electron chi connectivity index (χ4n) is 1.68. The van der Waals surface area contributed by atoms with Crippen molar-refractivity contribution in [2.45, 2.75) is 39.2 Å². The molecule has 0 bridgehead atoms. The number of hydrogen-bond donors (Lipinski definition) is 1. The van der Waals surface area contributed by atoms with Gasteiger partial charge in [-0.15, -0.1) is 0 Å².